The molecule has 1 saturated heterocycles. The Morgan fingerprint density at radius 1 is 1.50 bits per heavy atom. The number of rotatable bonds is 4. The number of ether oxygens (including phenoxy) is 1. The minimum Gasteiger partial charge on any atom is -0.383 e. The summed E-state index contributed by atoms with van der Waals surface area (Å²) < 4.78 is 8.18. The SMILES string of the molecule is COCCNC(=O)N1CCC[C@H](n2c(=O)n(C)c3cncnc32)C1. The van der Waals surface area contributed by atoms with Gasteiger partial charge in [0, 0.05) is 33.8 Å². The van der Waals surface area contributed by atoms with E-state index in [0.717, 1.165) is 12.8 Å². The van der Waals surface area contributed by atoms with Crippen LogP contribution in [0.25, 0.3) is 11.2 Å². The van der Waals surface area contributed by atoms with Gasteiger partial charge < -0.3 is 15.0 Å². The van der Waals surface area contributed by atoms with Crippen LogP contribution in [0.3, 0.4) is 0 Å². The van der Waals surface area contributed by atoms with Crippen LogP contribution < -0.4 is 11.0 Å². The van der Waals surface area contributed by atoms with Crippen molar-refractivity contribution in [1.82, 2.24) is 29.3 Å². The molecular weight excluding hydrogens is 312 g/mol. The standard InChI is InChI=1S/C15H22N6O3/c1-19-12-8-16-10-18-13(12)21(15(19)23)11-4-3-6-20(9-11)14(22)17-5-7-24-2/h8,10-11H,3-7,9H2,1-2H3,(H,17,22)/t11-/m0/s1. The van der Waals surface area contributed by atoms with E-state index >= 15 is 0 Å². The Labute approximate surface area is 139 Å². The summed E-state index contributed by atoms with van der Waals surface area (Å²) in [4.78, 5) is 34.8. The monoisotopic (exact) mass is 334 g/mol. The number of urea groups is 1. The smallest absolute Gasteiger partial charge is 0.330 e. The molecule has 1 aliphatic rings. The first-order chi connectivity index (χ1) is 11.6. The van der Waals surface area contributed by atoms with Gasteiger partial charge >= 0.3 is 11.7 Å². The zero-order chi connectivity index (χ0) is 17.1. The first-order valence-electron chi connectivity index (χ1n) is 8.02. The van der Waals surface area contributed by atoms with Gasteiger partial charge in [0.1, 0.15) is 11.8 Å². The Kier molecular flexibility index (Phi) is 4.79. The van der Waals surface area contributed by atoms with Gasteiger partial charge in [-0.25, -0.2) is 19.6 Å². The van der Waals surface area contributed by atoms with Gasteiger partial charge in [-0.05, 0) is 12.8 Å². The fourth-order valence-corrected chi connectivity index (χ4v) is 3.14. The molecule has 1 fully saturated rings. The summed E-state index contributed by atoms with van der Waals surface area (Å²) in [7, 11) is 3.31. The van der Waals surface area contributed by atoms with Crippen LogP contribution >= 0.6 is 0 Å². The average Bonchev–Trinajstić information content (AvgIpc) is 2.86. The molecule has 0 aliphatic carbocycles. The van der Waals surface area contributed by atoms with Crippen molar-refractivity contribution in [1.29, 1.82) is 0 Å². The number of hydrogen-bond acceptors (Lipinski definition) is 5. The summed E-state index contributed by atoms with van der Waals surface area (Å²) in [5.41, 5.74) is 1.19. The number of nitrogens with one attached hydrogen (secondary N) is 1. The molecule has 0 saturated carbocycles. The number of nitrogens with zero attached hydrogens (tertiary/aromatic N) is 5. The van der Waals surface area contributed by atoms with Crippen molar-refractivity contribution in [2.45, 2.75) is 18.9 Å². The van der Waals surface area contributed by atoms with Crippen molar-refractivity contribution in [2.75, 3.05) is 33.4 Å². The van der Waals surface area contributed by atoms with Crippen LogP contribution in [0.1, 0.15) is 18.9 Å². The van der Waals surface area contributed by atoms with E-state index in [1.54, 1.807) is 34.4 Å². The summed E-state index contributed by atoms with van der Waals surface area (Å²) in [6, 6.07) is -0.210. The lowest BCUT2D eigenvalue weighted by atomic mass is 10.1. The molecule has 1 atom stereocenters. The number of carbonyl (C=O) groups excluding carboxylic acids is 1. The van der Waals surface area contributed by atoms with Gasteiger partial charge in [-0.3, -0.25) is 9.13 Å². The molecule has 3 heterocycles. The van der Waals surface area contributed by atoms with Gasteiger partial charge in [0.15, 0.2) is 5.65 Å². The predicted octanol–water partition coefficient (Wildman–Crippen LogP) is 0.123. The van der Waals surface area contributed by atoms with E-state index in [2.05, 4.69) is 15.3 Å². The fraction of sp³-hybridized carbons (Fsp3) is 0.600. The molecule has 0 radical (unpaired) electrons. The molecule has 2 aromatic rings. The van der Waals surface area contributed by atoms with Gasteiger partial charge in [-0.15, -0.1) is 0 Å². The van der Waals surface area contributed by atoms with Crippen molar-refractivity contribution in [3.05, 3.63) is 23.0 Å². The van der Waals surface area contributed by atoms with Gasteiger partial charge in [-0.1, -0.05) is 0 Å². The van der Waals surface area contributed by atoms with E-state index in [4.69, 9.17) is 4.74 Å². The molecule has 0 aromatic carbocycles. The molecule has 24 heavy (non-hydrogen) atoms. The van der Waals surface area contributed by atoms with E-state index in [9.17, 15) is 9.59 Å². The first-order valence-corrected chi connectivity index (χ1v) is 8.02. The zero-order valence-corrected chi connectivity index (χ0v) is 13.9. The van der Waals surface area contributed by atoms with Crippen molar-refractivity contribution < 1.29 is 9.53 Å². The van der Waals surface area contributed by atoms with Crippen LogP contribution in [-0.2, 0) is 11.8 Å². The minimum absolute atomic E-state index is 0.0852. The average molecular weight is 334 g/mol. The van der Waals surface area contributed by atoms with Crippen molar-refractivity contribution in [2.24, 2.45) is 7.05 Å². The third kappa shape index (κ3) is 2.99. The highest BCUT2D eigenvalue weighted by atomic mass is 16.5. The number of piperidine rings is 1. The van der Waals surface area contributed by atoms with Crippen molar-refractivity contribution in [3.8, 4) is 0 Å². The van der Waals surface area contributed by atoms with Gasteiger partial charge in [0.2, 0.25) is 0 Å². The summed E-state index contributed by atoms with van der Waals surface area (Å²) in [5, 5.41) is 2.83. The van der Waals surface area contributed by atoms with Crippen LogP contribution in [0, 0.1) is 0 Å². The molecule has 1 N–H and O–H groups in total. The first kappa shape index (κ1) is 16.4. The highest BCUT2D eigenvalue weighted by Gasteiger charge is 2.28. The number of aryl methyl sites for hydroxylation is 1. The number of hydrogen-bond donors (Lipinski definition) is 1. The van der Waals surface area contributed by atoms with Crippen LogP contribution in [0.2, 0.25) is 0 Å². The van der Waals surface area contributed by atoms with Gasteiger partial charge in [0.05, 0.1) is 18.8 Å². The topological polar surface area (TPSA) is 94.3 Å². The number of carbonyl (C=O) groups is 1. The van der Waals surface area contributed by atoms with Crippen molar-refractivity contribution in [3.63, 3.8) is 0 Å². The summed E-state index contributed by atoms with van der Waals surface area (Å²) in [6.45, 7) is 2.12. The van der Waals surface area contributed by atoms with E-state index in [1.807, 2.05) is 0 Å². The molecule has 0 spiro atoms. The molecule has 0 unspecified atom stereocenters. The second-order valence-corrected chi connectivity index (χ2v) is 5.91. The van der Waals surface area contributed by atoms with Crippen LogP contribution in [0.15, 0.2) is 17.3 Å². The summed E-state index contributed by atoms with van der Waals surface area (Å²) in [6.07, 6.45) is 4.76. The lowest BCUT2D eigenvalue weighted by Gasteiger charge is -2.33. The summed E-state index contributed by atoms with van der Waals surface area (Å²) in [5.74, 6) is 0. The number of imidazole rings is 1. The largest absolute Gasteiger partial charge is 0.383 e. The summed E-state index contributed by atoms with van der Waals surface area (Å²) >= 11 is 0. The number of methoxy groups -OCH3 is 1. The number of likely N-dealkylation sites (tertiary alicyclic amines) is 1. The second kappa shape index (κ2) is 7.00. The molecule has 130 valence electrons. The van der Waals surface area contributed by atoms with Crippen LogP contribution in [0.4, 0.5) is 4.79 Å². The normalized spacial score (nSPS) is 18.1. The second-order valence-electron chi connectivity index (χ2n) is 5.91. The lowest BCUT2D eigenvalue weighted by molar-refractivity contribution is 0.158. The molecular formula is C15H22N6O3. The minimum atomic E-state index is -0.128. The van der Waals surface area contributed by atoms with Crippen molar-refractivity contribution >= 4 is 17.2 Å². The zero-order valence-electron chi connectivity index (χ0n) is 13.9. The van der Waals surface area contributed by atoms with E-state index in [1.165, 1.54) is 6.33 Å². The van der Waals surface area contributed by atoms with Gasteiger partial charge in [0.25, 0.3) is 0 Å². The Morgan fingerprint density at radius 3 is 3.12 bits per heavy atom. The maximum absolute atomic E-state index is 12.6. The maximum atomic E-state index is 12.6. The Hall–Kier alpha value is -2.42. The Morgan fingerprint density at radius 2 is 2.33 bits per heavy atom. The highest BCUT2D eigenvalue weighted by Crippen LogP contribution is 2.23. The molecule has 2 aromatic heterocycles. The lowest BCUT2D eigenvalue weighted by Crippen LogP contribution is -2.47. The molecule has 9 nitrogen and oxygen atoms in total. The molecule has 1 aliphatic heterocycles. The van der Waals surface area contributed by atoms with E-state index < -0.39 is 0 Å². The number of aromatic nitrogens is 4. The molecule has 0 bridgehead atoms. The van der Waals surface area contributed by atoms with Crippen LogP contribution in [0.5, 0.6) is 0 Å². The van der Waals surface area contributed by atoms with Crippen LogP contribution in [-0.4, -0.2) is 63.4 Å². The quantitative estimate of drug-likeness (QED) is 0.802. The highest BCUT2D eigenvalue weighted by molar-refractivity contribution is 5.74. The van der Waals surface area contributed by atoms with E-state index in [0.29, 0.717) is 37.4 Å². The number of fused-ring (bicyclic) bond motifs is 1. The fourth-order valence-electron chi connectivity index (χ4n) is 3.14. The third-order valence-corrected chi connectivity index (χ3v) is 4.39. The predicted molar refractivity (Wildman–Crippen MR) is 87.9 cm³/mol. The van der Waals surface area contributed by atoms with E-state index in [-0.39, 0.29) is 17.8 Å². The number of amides is 2. The molecule has 9 heteroatoms. The maximum Gasteiger partial charge on any atom is 0.330 e. The Balaban J connectivity index is 1.82. The third-order valence-electron chi connectivity index (χ3n) is 4.39. The Bertz CT molecular complexity index is 783. The van der Waals surface area contributed by atoms with Gasteiger partial charge in [-0.2, -0.15) is 0 Å². The molecule has 3 rings (SSSR count). The molecule has 2 amide bonds.